The van der Waals surface area contributed by atoms with E-state index in [0.717, 1.165) is 46.0 Å². The molecule has 0 spiro atoms. The van der Waals surface area contributed by atoms with E-state index in [-0.39, 0.29) is 5.91 Å². The topological polar surface area (TPSA) is 49.3 Å². The minimum absolute atomic E-state index is 0.0413. The highest BCUT2D eigenvalue weighted by molar-refractivity contribution is 6.30. The van der Waals surface area contributed by atoms with Gasteiger partial charge >= 0.3 is 0 Å². The molecule has 1 saturated heterocycles. The third-order valence-electron chi connectivity index (χ3n) is 5.66. The van der Waals surface area contributed by atoms with E-state index in [2.05, 4.69) is 16.0 Å². The van der Waals surface area contributed by atoms with Crippen LogP contribution in [-0.2, 0) is 0 Å². The predicted molar refractivity (Wildman–Crippen MR) is 125 cm³/mol. The van der Waals surface area contributed by atoms with Crippen LogP contribution < -0.4 is 4.90 Å². The number of halogens is 1. The van der Waals surface area contributed by atoms with Gasteiger partial charge in [-0.15, -0.1) is 0 Å². The van der Waals surface area contributed by atoms with Crippen LogP contribution in [-0.4, -0.2) is 47.0 Å². The summed E-state index contributed by atoms with van der Waals surface area (Å²) in [5.74, 6) is 0.0413. The summed E-state index contributed by atoms with van der Waals surface area (Å²) in [4.78, 5) is 26.6. The summed E-state index contributed by atoms with van der Waals surface area (Å²) in [5.41, 5.74) is 4.32. The largest absolute Gasteiger partial charge is 0.368 e. The molecular formula is C25H21ClN4O. The molecule has 0 N–H and O–H groups in total. The van der Waals surface area contributed by atoms with Crippen molar-refractivity contribution in [2.75, 3.05) is 31.1 Å². The second kappa shape index (κ2) is 8.36. The first-order valence-corrected chi connectivity index (χ1v) is 10.7. The van der Waals surface area contributed by atoms with Gasteiger partial charge in [-0.3, -0.25) is 9.78 Å². The number of nitrogens with zero attached hydrogens (tertiary/aromatic N) is 4. The van der Waals surface area contributed by atoms with Gasteiger partial charge in [-0.25, -0.2) is 4.98 Å². The lowest BCUT2D eigenvalue weighted by molar-refractivity contribution is 0.0748. The van der Waals surface area contributed by atoms with Crippen molar-refractivity contribution in [2.24, 2.45) is 0 Å². The van der Waals surface area contributed by atoms with E-state index in [4.69, 9.17) is 16.6 Å². The molecule has 31 heavy (non-hydrogen) atoms. The zero-order chi connectivity index (χ0) is 21.2. The molecule has 1 fully saturated rings. The standard InChI is InChI=1S/C25H21ClN4O/c26-19-4-3-5-20(16-19)29-12-14-30(15-13-29)25(31)22-17-24(18-8-10-27-11-9-18)28-23-7-2-1-6-21(22)23/h1-11,16-17H,12-15H2. The van der Waals surface area contributed by atoms with Gasteiger partial charge < -0.3 is 9.80 Å². The third-order valence-corrected chi connectivity index (χ3v) is 5.90. The molecule has 6 heteroatoms. The van der Waals surface area contributed by atoms with Crippen LogP contribution in [0.4, 0.5) is 5.69 Å². The molecule has 0 saturated carbocycles. The molecule has 5 rings (SSSR count). The van der Waals surface area contributed by atoms with Gasteiger partial charge in [-0.2, -0.15) is 0 Å². The molecule has 0 radical (unpaired) electrons. The molecule has 4 aromatic rings. The average Bonchev–Trinajstić information content (AvgIpc) is 2.83. The maximum Gasteiger partial charge on any atom is 0.254 e. The number of benzene rings is 2. The number of amides is 1. The zero-order valence-corrected chi connectivity index (χ0v) is 17.7. The monoisotopic (exact) mass is 428 g/mol. The highest BCUT2D eigenvalue weighted by Crippen LogP contribution is 2.27. The number of fused-ring (bicyclic) bond motifs is 1. The molecule has 1 aliphatic heterocycles. The Morgan fingerprint density at radius 3 is 2.42 bits per heavy atom. The molecule has 0 aliphatic carbocycles. The summed E-state index contributed by atoms with van der Waals surface area (Å²) in [6.45, 7) is 2.86. The number of para-hydroxylation sites is 1. The van der Waals surface area contributed by atoms with Crippen molar-refractivity contribution in [3.05, 3.63) is 89.7 Å². The summed E-state index contributed by atoms with van der Waals surface area (Å²) in [7, 11) is 0. The molecule has 154 valence electrons. The van der Waals surface area contributed by atoms with Crippen LogP contribution in [0.5, 0.6) is 0 Å². The number of pyridine rings is 2. The predicted octanol–water partition coefficient (Wildman–Crippen LogP) is 4.91. The third kappa shape index (κ3) is 3.97. The second-order valence-electron chi connectivity index (χ2n) is 7.57. The molecule has 0 bridgehead atoms. The van der Waals surface area contributed by atoms with E-state index in [0.29, 0.717) is 18.7 Å². The Labute approximate surface area is 185 Å². The molecule has 2 aromatic heterocycles. The molecular weight excluding hydrogens is 408 g/mol. The number of piperazine rings is 1. The van der Waals surface area contributed by atoms with Crippen molar-refractivity contribution in [3.8, 4) is 11.3 Å². The normalized spacial score (nSPS) is 14.1. The van der Waals surface area contributed by atoms with Crippen LogP contribution >= 0.6 is 11.6 Å². The average molecular weight is 429 g/mol. The number of carbonyl (C=O) groups excluding carboxylic acids is 1. The van der Waals surface area contributed by atoms with Gasteiger partial charge in [0.05, 0.1) is 16.8 Å². The maximum atomic E-state index is 13.5. The van der Waals surface area contributed by atoms with E-state index in [1.165, 1.54) is 0 Å². The van der Waals surface area contributed by atoms with Gasteiger partial charge in [-0.1, -0.05) is 35.9 Å². The van der Waals surface area contributed by atoms with Crippen molar-refractivity contribution >= 4 is 34.1 Å². The van der Waals surface area contributed by atoms with E-state index in [9.17, 15) is 4.79 Å². The molecule has 1 amide bonds. The number of hydrogen-bond acceptors (Lipinski definition) is 4. The number of aromatic nitrogens is 2. The highest BCUT2D eigenvalue weighted by atomic mass is 35.5. The molecule has 0 atom stereocenters. The SMILES string of the molecule is O=C(c1cc(-c2ccncc2)nc2ccccc12)N1CCN(c2cccc(Cl)c2)CC1. The van der Waals surface area contributed by atoms with Crippen LogP contribution in [0.1, 0.15) is 10.4 Å². The molecule has 5 nitrogen and oxygen atoms in total. The fourth-order valence-corrected chi connectivity index (χ4v) is 4.22. The van der Waals surface area contributed by atoms with E-state index >= 15 is 0 Å². The summed E-state index contributed by atoms with van der Waals surface area (Å²) >= 11 is 6.14. The molecule has 2 aromatic carbocycles. The summed E-state index contributed by atoms with van der Waals surface area (Å²) in [6, 6.07) is 21.4. The van der Waals surface area contributed by atoms with Crippen LogP contribution in [0, 0.1) is 0 Å². The van der Waals surface area contributed by atoms with Gasteiger partial charge in [-0.05, 0) is 42.5 Å². The summed E-state index contributed by atoms with van der Waals surface area (Å²) in [5, 5.41) is 1.60. The molecule has 1 aliphatic rings. The first-order valence-electron chi connectivity index (χ1n) is 10.3. The minimum atomic E-state index is 0.0413. The number of hydrogen-bond donors (Lipinski definition) is 0. The Hall–Kier alpha value is -3.44. The maximum absolute atomic E-state index is 13.5. The van der Waals surface area contributed by atoms with Gasteiger partial charge in [0, 0.05) is 60.2 Å². The highest BCUT2D eigenvalue weighted by Gasteiger charge is 2.24. The lowest BCUT2D eigenvalue weighted by Crippen LogP contribution is -2.48. The van der Waals surface area contributed by atoms with Crippen molar-refractivity contribution in [1.29, 1.82) is 0 Å². The van der Waals surface area contributed by atoms with E-state index in [1.54, 1.807) is 12.4 Å². The van der Waals surface area contributed by atoms with Crippen molar-refractivity contribution in [3.63, 3.8) is 0 Å². The van der Waals surface area contributed by atoms with E-state index < -0.39 is 0 Å². The summed E-state index contributed by atoms with van der Waals surface area (Å²) < 4.78 is 0. The lowest BCUT2D eigenvalue weighted by Gasteiger charge is -2.36. The second-order valence-corrected chi connectivity index (χ2v) is 8.00. The Kier molecular flexibility index (Phi) is 5.26. The lowest BCUT2D eigenvalue weighted by atomic mass is 10.0. The Bertz CT molecular complexity index is 1240. The van der Waals surface area contributed by atoms with Crippen LogP contribution in [0.25, 0.3) is 22.2 Å². The quantitative estimate of drug-likeness (QED) is 0.465. The Balaban J connectivity index is 1.43. The minimum Gasteiger partial charge on any atom is -0.368 e. The molecule has 0 unspecified atom stereocenters. The van der Waals surface area contributed by atoms with Crippen molar-refractivity contribution < 1.29 is 4.79 Å². The van der Waals surface area contributed by atoms with Crippen molar-refractivity contribution in [2.45, 2.75) is 0 Å². The zero-order valence-electron chi connectivity index (χ0n) is 16.9. The Morgan fingerprint density at radius 2 is 1.65 bits per heavy atom. The first-order chi connectivity index (χ1) is 15.2. The van der Waals surface area contributed by atoms with Crippen LogP contribution in [0.2, 0.25) is 5.02 Å². The summed E-state index contributed by atoms with van der Waals surface area (Å²) in [6.07, 6.45) is 3.48. The van der Waals surface area contributed by atoms with Crippen LogP contribution in [0.3, 0.4) is 0 Å². The number of anilines is 1. The number of carbonyl (C=O) groups is 1. The Morgan fingerprint density at radius 1 is 0.871 bits per heavy atom. The van der Waals surface area contributed by atoms with Gasteiger partial charge in [0.2, 0.25) is 0 Å². The number of rotatable bonds is 3. The van der Waals surface area contributed by atoms with Crippen LogP contribution in [0.15, 0.2) is 79.1 Å². The fourth-order valence-electron chi connectivity index (χ4n) is 4.03. The van der Waals surface area contributed by atoms with Gasteiger partial charge in [0.25, 0.3) is 5.91 Å². The van der Waals surface area contributed by atoms with Gasteiger partial charge in [0.1, 0.15) is 0 Å². The molecule has 3 heterocycles. The van der Waals surface area contributed by atoms with E-state index in [1.807, 2.05) is 65.6 Å². The van der Waals surface area contributed by atoms with Gasteiger partial charge in [0.15, 0.2) is 0 Å². The first kappa shape index (κ1) is 19.5. The smallest absolute Gasteiger partial charge is 0.254 e. The fraction of sp³-hybridized carbons (Fsp3) is 0.160. The van der Waals surface area contributed by atoms with Crippen molar-refractivity contribution in [1.82, 2.24) is 14.9 Å².